The summed E-state index contributed by atoms with van der Waals surface area (Å²) in [6.07, 6.45) is 7.02. The van der Waals surface area contributed by atoms with Crippen LogP contribution in [0.3, 0.4) is 0 Å². The van der Waals surface area contributed by atoms with E-state index < -0.39 is 5.54 Å². The number of carbonyl (C=O) groups excluding carboxylic acids is 1. The van der Waals surface area contributed by atoms with Crippen LogP contribution in [-0.4, -0.2) is 63.8 Å². The van der Waals surface area contributed by atoms with Crippen molar-refractivity contribution in [1.29, 1.82) is 0 Å². The fourth-order valence-electron chi connectivity index (χ4n) is 2.91. The first kappa shape index (κ1) is 28.3. The van der Waals surface area contributed by atoms with Crippen molar-refractivity contribution in [3.8, 4) is 0 Å². The summed E-state index contributed by atoms with van der Waals surface area (Å²) in [5, 5.41) is 13.3. The molecule has 0 rings (SSSR count). The highest BCUT2D eigenvalue weighted by molar-refractivity contribution is 5.85. The predicted molar refractivity (Wildman–Crippen MR) is 125 cm³/mol. The Morgan fingerprint density at radius 3 is 1.83 bits per heavy atom. The molecule has 29 heavy (non-hydrogen) atoms. The third kappa shape index (κ3) is 19.0. The quantitative estimate of drug-likeness (QED) is 0.178. The van der Waals surface area contributed by atoms with E-state index in [1.54, 1.807) is 0 Å². The summed E-state index contributed by atoms with van der Waals surface area (Å²) in [7, 11) is 0. The molecule has 0 bridgehead atoms. The Morgan fingerprint density at radius 1 is 0.724 bits per heavy atom. The molecule has 0 aromatic heterocycles. The van der Waals surface area contributed by atoms with Gasteiger partial charge in [-0.1, -0.05) is 20.8 Å². The minimum atomic E-state index is -0.783. The molecule has 0 fully saturated rings. The highest BCUT2D eigenvalue weighted by atomic mass is 16.2. The van der Waals surface area contributed by atoms with Crippen LogP contribution in [0.2, 0.25) is 0 Å². The number of carbonyl (C=O) groups is 1. The van der Waals surface area contributed by atoms with E-state index >= 15 is 0 Å². The average Bonchev–Trinajstić information content (AvgIpc) is 2.64. The van der Waals surface area contributed by atoms with Gasteiger partial charge in [-0.15, -0.1) is 0 Å². The third-order valence-electron chi connectivity index (χ3n) is 4.80. The van der Waals surface area contributed by atoms with Crippen LogP contribution in [0.15, 0.2) is 0 Å². The van der Waals surface area contributed by atoms with Crippen LogP contribution in [0.4, 0.5) is 0 Å². The normalized spacial score (nSPS) is 14.0. The summed E-state index contributed by atoms with van der Waals surface area (Å²) < 4.78 is 0. The molecule has 0 unspecified atom stereocenters. The first-order chi connectivity index (χ1) is 13.7. The van der Waals surface area contributed by atoms with Gasteiger partial charge in [0.2, 0.25) is 5.91 Å². The molecule has 1 atom stereocenters. The smallest absolute Gasteiger partial charge is 0.239 e. The lowest BCUT2D eigenvalue weighted by atomic mass is 9.94. The second-order valence-electron chi connectivity index (χ2n) is 9.57. The lowest BCUT2D eigenvalue weighted by Gasteiger charge is -2.24. The molecule has 7 nitrogen and oxygen atoms in total. The van der Waals surface area contributed by atoms with E-state index in [4.69, 9.17) is 11.5 Å². The molecule has 0 aliphatic heterocycles. The fourth-order valence-corrected chi connectivity index (χ4v) is 2.91. The van der Waals surface area contributed by atoms with Crippen molar-refractivity contribution < 1.29 is 4.79 Å². The SMILES string of the molecule is CC(C)(C)CNCCCC[C@](C)(N)C(=O)NCCCNCCCCNCCCN. The lowest BCUT2D eigenvalue weighted by Crippen LogP contribution is -2.52. The van der Waals surface area contributed by atoms with E-state index in [-0.39, 0.29) is 5.91 Å². The van der Waals surface area contributed by atoms with E-state index in [2.05, 4.69) is 42.0 Å². The molecule has 7 heteroatoms. The fraction of sp³-hybridized carbons (Fsp3) is 0.955. The van der Waals surface area contributed by atoms with Gasteiger partial charge >= 0.3 is 0 Å². The molecule has 0 aliphatic rings. The Kier molecular flexibility index (Phi) is 16.6. The van der Waals surface area contributed by atoms with E-state index in [0.29, 0.717) is 18.4 Å². The standard InChI is InChI=1S/C22H50N6O/c1-21(2,3)19-27-15-6-5-11-22(4,24)20(29)28-18-10-17-26-14-8-7-13-25-16-9-12-23/h25-27H,5-19,23-24H2,1-4H3,(H,28,29)/t22-/m0/s1. The molecule has 8 N–H and O–H groups in total. The van der Waals surface area contributed by atoms with Gasteiger partial charge in [0.15, 0.2) is 0 Å². The molecule has 0 saturated carbocycles. The molecule has 0 aromatic rings. The first-order valence-electron chi connectivity index (χ1n) is 11.6. The number of nitrogens with two attached hydrogens (primary N) is 2. The number of amides is 1. The molecule has 174 valence electrons. The Balaban J connectivity index is 3.55. The summed E-state index contributed by atoms with van der Waals surface area (Å²) in [5.41, 5.74) is 11.2. The van der Waals surface area contributed by atoms with Gasteiger partial charge in [-0.25, -0.2) is 0 Å². The largest absolute Gasteiger partial charge is 0.354 e. The first-order valence-corrected chi connectivity index (χ1v) is 11.6. The number of unbranched alkanes of at least 4 members (excludes halogenated alkanes) is 2. The van der Waals surface area contributed by atoms with Crippen LogP contribution in [0.1, 0.15) is 72.6 Å². The molecular formula is C22H50N6O. The zero-order valence-corrected chi connectivity index (χ0v) is 19.7. The maximum Gasteiger partial charge on any atom is 0.239 e. The van der Waals surface area contributed by atoms with Gasteiger partial charge in [-0.2, -0.15) is 0 Å². The highest BCUT2D eigenvalue weighted by Gasteiger charge is 2.27. The topological polar surface area (TPSA) is 117 Å². The van der Waals surface area contributed by atoms with Crippen molar-refractivity contribution in [2.75, 3.05) is 52.4 Å². The van der Waals surface area contributed by atoms with Crippen molar-refractivity contribution in [2.45, 2.75) is 78.2 Å². The minimum absolute atomic E-state index is 0.0382. The van der Waals surface area contributed by atoms with Crippen LogP contribution in [0, 0.1) is 5.41 Å². The van der Waals surface area contributed by atoms with Crippen molar-refractivity contribution >= 4 is 5.91 Å². The Labute approximate surface area is 179 Å². The Bertz CT molecular complexity index is 395. The molecular weight excluding hydrogens is 364 g/mol. The number of hydrogen-bond acceptors (Lipinski definition) is 6. The second kappa shape index (κ2) is 17.0. The Morgan fingerprint density at radius 2 is 1.24 bits per heavy atom. The zero-order chi connectivity index (χ0) is 22.0. The van der Waals surface area contributed by atoms with E-state index in [1.165, 1.54) is 6.42 Å². The molecule has 0 aromatic carbocycles. The average molecular weight is 415 g/mol. The van der Waals surface area contributed by atoms with Gasteiger partial charge < -0.3 is 32.7 Å². The second-order valence-corrected chi connectivity index (χ2v) is 9.57. The van der Waals surface area contributed by atoms with Gasteiger partial charge in [0.25, 0.3) is 0 Å². The summed E-state index contributed by atoms with van der Waals surface area (Å²) in [5.74, 6) is -0.0382. The molecule has 0 aliphatic carbocycles. The van der Waals surface area contributed by atoms with Crippen molar-refractivity contribution in [2.24, 2.45) is 16.9 Å². The highest BCUT2D eigenvalue weighted by Crippen LogP contribution is 2.12. The van der Waals surface area contributed by atoms with Crippen molar-refractivity contribution in [3.05, 3.63) is 0 Å². The maximum atomic E-state index is 12.3. The van der Waals surface area contributed by atoms with Crippen molar-refractivity contribution in [1.82, 2.24) is 21.3 Å². The molecule has 0 heterocycles. The Hall–Kier alpha value is -0.730. The molecule has 1 amide bonds. The van der Waals surface area contributed by atoms with Gasteiger partial charge in [0.05, 0.1) is 5.54 Å². The minimum Gasteiger partial charge on any atom is -0.354 e. The number of rotatable bonds is 19. The lowest BCUT2D eigenvalue weighted by molar-refractivity contribution is -0.126. The molecule has 0 radical (unpaired) electrons. The van der Waals surface area contributed by atoms with Gasteiger partial charge in [-0.05, 0) is 103 Å². The van der Waals surface area contributed by atoms with Gasteiger partial charge in [0, 0.05) is 6.54 Å². The number of nitrogens with one attached hydrogen (secondary N) is 4. The van der Waals surface area contributed by atoms with Crippen LogP contribution in [-0.2, 0) is 4.79 Å². The van der Waals surface area contributed by atoms with Crippen molar-refractivity contribution in [3.63, 3.8) is 0 Å². The third-order valence-corrected chi connectivity index (χ3v) is 4.80. The van der Waals surface area contributed by atoms with Crippen LogP contribution in [0.25, 0.3) is 0 Å². The maximum absolute atomic E-state index is 12.3. The van der Waals surface area contributed by atoms with Gasteiger partial charge in [0.1, 0.15) is 0 Å². The summed E-state index contributed by atoms with van der Waals surface area (Å²) >= 11 is 0. The van der Waals surface area contributed by atoms with Gasteiger partial charge in [-0.3, -0.25) is 4.79 Å². The predicted octanol–water partition coefficient (Wildman–Crippen LogP) is 1.32. The van der Waals surface area contributed by atoms with E-state index in [0.717, 1.165) is 77.9 Å². The number of hydrogen-bond donors (Lipinski definition) is 6. The van der Waals surface area contributed by atoms with Crippen LogP contribution in [0.5, 0.6) is 0 Å². The van der Waals surface area contributed by atoms with Crippen LogP contribution >= 0.6 is 0 Å². The van der Waals surface area contributed by atoms with E-state index in [9.17, 15) is 4.79 Å². The monoisotopic (exact) mass is 414 g/mol. The zero-order valence-electron chi connectivity index (χ0n) is 19.7. The summed E-state index contributed by atoms with van der Waals surface area (Å²) in [6.45, 7) is 15.9. The summed E-state index contributed by atoms with van der Waals surface area (Å²) in [6, 6.07) is 0. The molecule has 0 spiro atoms. The molecule has 0 saturated heterocycles. The van der Waals surface area contributed by atoms with E-state index in [1.807, 2.05) is 6.92 Å². The van der Waals surface area contributed by atoms with Crippen LogP contribution < -0.4 is 32.7 Å². The summed E-state index contributed by atoms with van der Waals surface area (Å²) in [4.78, 5) is 12.3.